The van der Waals surface area contributed by atoms with Gasteiger partial charge in [0, 0.05) is 24.3 Å². The number of primary amides is 1. The van der Waals surface area contributed by atoms with Crippen molar-refractivity contribution in [2.45, 2.75) is 36.6 Å². The molecule has 0 unspecified atom stereocenters. The fourth-order valence-electron chi connectivity index (χ4n) is 3.10. The summed E-state index contributed by atoms with van der Waals surface area (Å²) < 4.78 is 0. The summed E-state index contributed by atoms with van der Waals surface area (Å²) in [6.07, 6.45) is 1.78. The van der Waals surface area contributed by atoms with E-state index >= 15 is 0 Å². The number of hydrogen-bond acceptors (Lipinski definition) is 5. The van der Waals surface area contributed by atoms with Crippen molar-refractivity contribution in [2.75, 3.05) is 19.3 Å². The van der Waals surface area contributed by atoms with E-state index < -0.39 is 30.0 Å². The number of amides is 4. The fourth-order valence-corrected chi connectivity index (χ4v) is 3.78. The third-order valence-electron chi connectivity index (χ3n) is 4.49. The molecule has 0 aromatic heterocycles. The Bertz CT molecular complexity index is 543. The molecule has 0 spiro atoms. The van der Waals surface area contributed by atoms with Gasteiger partial charge in [0.05, 0.1) is 0 Å². The van der Waals surface area contributed by atoms with E-state index in [1.807, 2.05) is 6.26 Å². The summed E-state index contributed by atoms with van der Waals surface area (Å²) in [7, 11) is 0. The normalized spacial score (nSPS) is 27.6. The second kappa shape index (κ2) is 7.73. The summed E-state index contributed by atoms with van der Waals surface area (Å²) in [5.74, 6) is -1.81. The zero-order chi connectivity index (χ0) is 17.9. The first-order chi connectivity index (χ1) is 11.3. The topological polar surface area (TPSA) is 142 Å². The lowest BCUT2D eigenvalue weighted by atomic mass is 9.97. The van der Waals surface area contributed by atoms with Crippen LogP contribution in [0, 0.1) is 5.92 Å². The predicted octanol–water partition coefficient (Wildman–Crippen LogP) is -1.03. The third kappa shape index (κ3) is 4.11. The van der Waals surface area contributed by atoms with Gasteiger partial charge in [0.1, 0.15) is 12.1 Å². The average molecular weight is 358 g/mol. The molecule has 4 atom stereocenters. The molecule has 0 aliphatic carbocycles. The van der Waals surface area contributed by atoms with Gasteiger partial charge in [-0.2, -0.15) is 11.8 Å². The van der Waals surface area contributed by atoms with Crippen LogP contribution in [0.15, 0.2) is 0 Å². The molecule has 5 N–H and O–H groups in total. The average Bonchev–Trinajstić information content (AvgIpc) is 3.13. The molecule has 2 saturated heterocycles. The van der Waals surface area contributed by atoms with Crippen LogP contribution in [0.5, 0.6) is 0 Å². The Kier molecular flexibility index (Phi) is 5.92. The summed E-state index contributed by atoms with van der Waals surface area (Å²) in [4.78, 5) is 48.1. The van der Waals surface area contributed by atoms with Crippen molar-refractivity contribution < 1.29 is 24.3 Å². The maximum Gasteiger partial charge on any atom is 0.408 e. The molecule has 0 aromatic carbocycles. The van der Waals surface area contributed by atoms with Gasteiger partial charge in [-0.05, 0) is 25.5 Å². The zero-order valence-electron chi connectivity index (χ0n) is 13.4. The number of carbonyl (C=O) groups excluding carboxylic acids is 3. The van der Waals surface area contributed by atoms with Crippen LogP contribution in [0.2, 0.25) is 0 Å². The van der Waals surface area contributed by atoms with E-state index in [0.29, 0.717) is 19.4 Å². The minimum Gasteiger partial charge on any atom is -0.465 e. The number of nitrogens with zero attached hydrogens (tertiary/aromatic N) is 1. The van der Waals surface area contributed by atoms with Crippen LogP contribution in [0.1, 0.15) is 19.3 Å². The minimum atomic E-state index is -1.17. The molecule has 0 saturated carbocycles. The highest BCUT2D eigenvalue weighted by Crippen LogP contribution is 2.26. The van der Waals surface area contributed by atoms with Gasteiger partial charge >= 0.3 is 6.09 Å². The molecule has 10 heteroatoms. The van der Waals surface area contributed by atoms with E-state index in [1.165, 1.54) is 11.8 Å². The van der Waals surface area contributed by atoms with Crippen molar-refractivity contribution >= 4 is 35.6 Å². The molecule has 134 valence electrons. The molecule has 9 nitrogen and oxygen atoms in total. The van der Waals surface area contributed by atoms with Gasteiger partial charge in [0.25, 0.3) is 0 Å². The Labute approximate surface area is 143 Å². The second-order valence-corrected chi connectivity index (χ2v) is 7.16. The molecular weight excluding hydrogens is 336 g/mol. The van der Waals surface area contributed by atoms with E-state index in [2.05, 4.69) is 10.6 Å². The van der Waals surface area contributed by atoms with E-state index in [4.69, 9.17) is 5.73 Å². The first-order valence-electron chi connectivity index (χ1n) is 7.73. The van der Waals surface area contributed by atoms with Gasteiger partial charge < -0.3 is 21.5 Å². The molecule has 0 bridgehead atoms. The monoisotopic (exact) mass is 358 g/mol. The predicted molar refractivity (Wildman–Crippen MR) is 87.3 cm³/mol. The Hall–Kier alpha value is -1.97. The Morgan fingerprint density at radius 1 is 1.50 bits per heavy atom. The van der Waals surface area contributed by atoms with Crippen LogP contribution in [-0.4, -0.2) is 70.5 Å². The van der Waals surface area contributed by atoms with Crippen molar-refractivity contribution in [1.82, 2.24) is 15.5 Å². The maximum absolute atomic E-state index is 12.5. The number of thioether (sulfide) groups is 1. The number of rotatable bonds is 6. The summed E-state index contributed by atoms with van der Waals surface area (Å²) >= 11 is 1.50. The zero-order valence-corrected chi connectivity index (χ0v) is 14.2. The quantitative estimate of drug-likeness (QED) is 0.478. The largest absolute Gasteiger partial charge is 0.465 e. The molecule has 4 amide bonds. The molecular formula is C14H22N4O5S. The van der Waals surface area contributed by atoms with Gasteiger partial charge in [-0.25, -0.2) is 4.79 Å². The van der Waals surface area contributed by atoms with Crippen LogP contribution >= 0.6 is 11.8 Å². The van der Waals surface area contributed by atoms with E-state index in [1.54, 1.807) is 0 Å². The molecule has 2 aliphatic heterocycles. The van der Waals surface area contributed by atoms with Gasteiger partial charge in [0.2, 0.25) is 17.7 Å². The van der Waals surface area contributed by atoms with Crippen LogP contribution in [0.25, 0.3) is 0 Å². The third-order valence-corrected chi connectivity index (χ3v) is 5.50. The van der Waals surface area contributed by atoms with Crippen molar-refractivity contribution in [3.8, 4) is 0 Å². The lowest BCUT2D eigenvalue weighted by Gasteiger charge is -2.24. The Morgan fingerprint density at radius 2 is 2.21 bits per heavy atom. The summed E-state index contributed by atoms with van der Waals surface area (Å²) in [6, 6.07) is -1.84. The SMILES string of the molecule is CS[C@@H]1C[C@@H](C(=O)N[C@@H](C[C@@H]2CCNC2=O)C(N)=O)N(C(=O)O)C1. The lowest BCUT2D eigenvalue weighted by molar-refractivity contribution is -0.131. The summed E-state index contributed by atoms with van der Waals surface area (Å²) in [5.41, 5.74) is 5.34. The van der Waals surface area contributed by atoms with Crippen LogP contribution in [0.4, 0.5) is 4.79 Å². The first-order valence-corrected chi connectivity index (χ1v) is 9.02. The highest BCUT2D eigenvalue weighted by molar-refractivity contribution is 7.99. The Balaban J connectivity index is 2.02. The molecule has 24 heavy (non-hydrogen) atoms. The number of carbonyl (C=O) groups is 4. The van der Waals surface area contributed by atoms with Gasteiger partial charge in [-0.3, -0.25) is 19.3 Å². The molecule has 2 fully saturated rings. The second-order valence-electron chi connectivity index (χ2n) is 6.02. The maximum atomic E-state index is 12.5. The molecule has 0 aromatic rings. The molecule has 2 heterocycles. The number of nitrogens with one attached hydrogen (secondary N) is 2. The smallest absolute Gasteiger partial charge is 0.408 e. The van der Waals surface area contributed by atoms with Crippen molar-refractivity contribution in [1.29, 1.82) is 0 Å². The fraction of sp³-hybridized carbons (Fsp3) is 0.714. The number of nitrogens with two attached hydrogens (primary N) is 1. The molecule has 2 rings (SSSR count). The van der Waals surface area contributed by atoms with E-state index in [9.17, 15) is 24.3 Å². The highest BCUT2D eigenvalue weighted by Gasteiger charge is 2.41. The van der Waals surface area contributed by atoms with E-state index in [0.717, 1.165) is 4.90 Å². The van der Waals surface area contributed by atoms with Crippen LogP contribution < -0.4 is 16.4 Å². The Morgan fingerprint density at radius 3 is 2.71 bits per heavy atom. The van der Waals surface area contributed by atoms with E-state index in [-0.39, 0.29) is 30.0 Å². The van der Waals surface area contributed by atoms with Crippen molar-refractivity contribution in [3.05, 3.63) is 0 Å². The van der Waals surface area contributed by atoms with Crippen LogP contribution in [-0.2, 0) is 14.4 Å². The van der Waals surface area contributed by atoms with Gasteiger partial charge in [0.15, 0.2) is 0 Å². The number of hydrogen-bond donors (Lipinski definition) is 4. The summed E-state index contributed by atoms with van der Waals surface area (Å²) in [6.45, 7) is 0.800. The molecule has 2 aliphatic rings. The number of carboxylic acid groups (broad SMARTS) is 1. The first kappa shape index (κ1) is 18.4. The molecule has 0 radical (unpaired) electrons. The lowest BCUT2D eigenvalue weighted by Crippen LogP contribution is -2.52. The van der Waals surface area contributed by atoms with Gasteiger partial charge in [-0.1, -0.05) is 0 Å². The van der Waals surface area contributed by atoms with Crippen molar-refractivity contribution in [2.24, 2.45) is 11.7 Å². The standard InChI is InChI=1S/C14H22N4O5S/c1-24-8-5-10(18(6-8)14(22)23)13(21)17-9(11(15)19)4-7-2-3-16-12(7)20/h7-10H,2-6H2,1H3,(H2,15,19)(H,16,20)(H,17,21)(H,22,23)/t7-,8+,9-,10-/m0/s1. The van der Waals surface area contributed by atoms with Crippen LogP contribution in [0.3, 0.4) is 0 Å². The number of likely N-dealkylation sites (tertiary alicyclic amines) is 1. The summed E-state index contributed by atoms with van der Waals surface area (Å²) in [5, 5.41) is 14.5. The van der Waals surface area contributed by atoms with Gasteiger partial charge in [-0.15, -0.1) is 0 Å². The minimum absolute atomic E-state index is 0.0319. The highest BCUT2D eigenvalue weighted by atomic mass is 32.2. The van der Waals surface area contributed by atoms with Crippen molar-refractivity contribution in [3.63, 3.8) is 0 Å².